The number of hydrogen-bond acceptors (Lipinski definition) is 5. The lowest BCUT2D eigenvalue weighted by Gasteiger charge is -2.06. The number of carbonyl (C=O) groups excluding carboxylic acids is 2. The number of nitrogens with zero attached hydrogens (tertiary/aromatic N) is 3. The summed E-state index contributed by atoms with van der Waals surface area (Å²) in [5, 5.41) is 9.70. The zero-order chi connectivity index (χ0) is 19.2. The molecule has 0 fully saturated rings. The van der Waals surface area contributed by atoms with Crippen molar-refractivity contribution in [3.63, 3.8) is 0 Å². The van der Waals surface area contributed by atoms with Crippen LogP contribution in [0.25, 0.3) is 11.1 Å². The summed E-state index contributed by atoms with van der Waals surface area (Å²) >= 11 is 1.60. The molecule has 3 rings (SSSR count). The number of amides is 2. The highest BCUT2D eigenvalue weighted by atomic mass is 32.1. The van der Waals surface area contributed by atoms with E-state index in [1.54, 1.807) is 41.5 Å². The summed E-state index contributed by atoms with van der Waals surface area (Å²) in [6.07, 6.45) is 4.25. The number of rotatable bonds is 7. The molecule has 0 spiro atoms. The number of likely N-dealkylation sites (N-methyl/N-ethyl adjacent to an activating group) is 1. The first kappa shape index (κ1) is 18.8. The van der Waals surface area contributed by atoms with E-state index in [0.29, 0.717) is 12.1 Å². The fraction of sp³-hybridized carbons (Fsp3) is 0.263. The van der Waals surface area contributed by atoms with Gasteiger partial charge in [-0.2, -0.15) is 5.10 Å². The molecule has 0 unspecified atom stereocenters. The highest BCUT2D eigenvalue weighted by Gasteiger charge is 2.10. The third-order valence-electron chi connectivity index (χ3n) is 4.16. The van der Waals surface area contributed by atoms with E-state index in [1.807, 2.05) is 30.6 Å². The minimum Gasteiger partial charge on any atom is -0.358 e. The number of hydrogen-bond donors (Lipinski definition) is 2. The molecular weight excluding hydrogens is 362 g/mol. The Morgan fingerprint density at radius 2 is 2.11 bits per heavy atom. The molecule has 0 aliphatic heterocycles. The highest BCUT2D eigenvalue weighted by Crippen LogP contribution is 2.20. The minimum absolute atomic E-state index is 0.114. The molecule has 2 N–H and O–H groups in total. The largest absolute Gasteiger partial charge is 0.358 e. The van der Waals surface area contributed by atoms with Crippen LogP contribution >= 0.6 is 11.3 Å². The van der Waals surface area contributed by atoms with Gasteiger partial charge in [0, 0.05) is 42.2 Å². The van der Waals surface area contributed by atoms with Crippen molar-refractivity contribution in [2.75, 3.05) is 13.6 Å². The van der Waals surface area contributed by atoms with E-state index < -0.39 is 0 Å². The van der Waals surface area contributed by atoms with Crippen LogP contribution in [0.1, 0.15) is 20.9 Å². The van der Waals surface area contributed by atoms with E-state index in [0.717, 1.165) is 23.2 Å². The Balaban J connectivity index is 1.63. The predicted molar refractivity (Wildman–Crippen MR) is 105 cm³/mol. The summed E-state index contributed by atoms with van der Waals surface area (Å²) in [6, 6.07) is 7.37. The molecule has 0 aliphatic carbocycles. The third-order valence-corrected chi connectivity index (χ3v) is 5.15. The van der Waals surface area contributed by atoms with Gasteiger partial charge in [-0.05, 0) is 24.6 Å². The van der Waals surface area contributed by atoms with Crippen molar-refractivity contribution in [3.8, 4) is 11.1 Å². The number of aromatic nitrogens is 3. The molecule has 7 nitrogen and oxygen atoms in total. The van der Waals surface area contributed by atoms with Gasteiger partial charge in [-0.1, -0.05) is 12.1 Å². The van der Waals surface area contributed by atoms with Gasteiger partial charge in [0.1, 0.15) is 6.54 Å². The third kappa shape index (κ3) is 4.79. The average molecular weight is 383 g/mol. The lowest BCUT2D eigenvalue weighted by molar-refractivity contribution is -0.121. The first-order valence-electron chi connectivity index (χ1n) is 8.57. The van der Waals surface area contributed by atoms with Crippen molar-refractivity contribution in [2.24, 2.45) is 0 Å². The zero-order valence-corrected chi connectivity index (χ0v) is 16.0. The molecule has 140 valence electrons. The molecule has 2 aromatic heterocycles. The summed E-state index contributed by atoms with van der Waals surface area (Å²) in [7, 11) is 1.59. The number of carbonyl (C=O) groups is 2. The molecule has 0 saturated heterocycles. The van der Waals surface area contributed by atoms with Crippen LogP contribution in [0.4, 0.5) is 0 Å². The predicted octanol–water partition coefficient (Wildman–Crippen LogP) is 2.03. The molecule has 0 bridgehead atoms. The smallest absolute Gasteiger partial charge is 0.251 e. The van der Waals surface area contributed by atoms with Crippen LogP contribution in [-0.2, 0) is 17.8 Å². The number of thiazole rings is 1. The maximum absolute atomic E-state index is 12.4. The first-order valence-corrected chi connectivity index (χ1v) is 9.45. The van der Waals surface area contributed by atoms with Crippen LogP contribution in [0.3, 0.4) is 0 Å². The second-order valence-electron chi connectivity index (χ2n) is 6.05. The van der Waals surface area contributed by atoms with Crippen LogP contribution in [0.2, 0.25) is 0 Å². The second-order valence-corrected chi connectivity index (χ2v) is 6.99. The lowest BCUT2D eigenvalue weighted by atomic mass is 10.1. The van der Waals surface area contributed by atoms with Gasteiger partial charge in [0.15, 0.2) is 0 Å². The molecule has 0 radical (unpaired) electrons. The van der Waals surface area contributed by atoms with Crippen molar-refractivity contribution in [1.82, 2.24) is 25.4 Å². The van der Waals surface area contributed by atoms with Gasteiger partial charge in [0.2, 0.25) is 5.91 Å². The van der Waals surface area contributed by atoms with Crippen molar-refractivity contribution in [3.05, 3.63) is 58.3 Å². The molecule has 8 heteroatoms. The van der Waals surface area contributed by atoms with E-state index >= 15 is 0 Å². The number of nitrogens with one attached hydrogen (secondary N) is 2. The van der Waals surface area contributed by atoms with Crippen LogP contribution in [0.5, 0.6) is 0 Å². The molecule has 1 aromatic carbocycles. The summed E-state index contributed by atoms with van der Waals surface area (Å²) in [6.45, 7) is 2.70. The standard InChI is InChI=1S/C19H21N5O2S/c1-13-17(27-12-22-13)6-7-21-19(26)15-5-3-4-14(8-15)16-9-23-24(10-16)11-18(25)20-2/h3-5,8-10,12H,6-7,11H2,1-2H3,(H,20,25)(H,21,26). The van der Waals surface area contributed by atoms with Crippen LogP contribution < -0.4 is 10.6 Å². The maximum atomic E-state index is 12.4. The Labute approximate surface area is 161 Å². The van der Waals surface area contributed by atoms with E-state index in [9.17, 15) is 9.59 Å². The van der Waals surface area contributed by atoms with Gasteiger partial charge in [0.05, 0.1) is 17.4 Å². The second kappa shape index (κ2) is 8.59. The van der Waals surface area contributed by atoms with Gasteiger partial charge in [-0.25, -0.2) is 4.98 Å². The molecule has 27 heavy (non-hydrogen) atoms. The van der Waals surface area contributed by atoms with Crippen molar-refractivity contribution in [2.45, 2.75) is 19.9 Å². The van der Waals surface area contributed by atoms with E-state index in [2.05, 4.69) is 20.7 Å². The molecule has 2 amide bonds. The Bertz CT molecular complexity index is 947. The normalized spacial score (nSPS) is 10.6. The van der Waals surface area contributed by atoms with Gasteiger partial charge >= 0.3 is 0 Å². The van der Waals surface area contributed by atoms with Crippen LogP contribution in [0, 0.1) is 6.92 Å². The van der Waals surface area contributed by atoms with Crippen LogP contribution in [-0.4, -0.2) is 40.2 Å². The average Bonchev–Trinajstić information content (AvgIpc) is 3.31. The Kier molecular flexibility index (Phi) is 5.97. The summed E-state index contributed by atoms with van der Waals surface area (Å²) in [4.78, 5) is 29.3. The van der Waals surface area contributed by atoms with Gasteiger partial charge in [0.25, 0.3) is 5.91 Å². The number of benzene rings is 1. The highest BCUT2D eigenvalue weighted by molar-refractivity contribution is 7.09. The minimum atomic E-state index is -0.117. The van der Waals surface area contributed by atoms with Crippen molar-refractivity contribution in [1.29, 1.82) is 0 Å². The fourth-order valence-corrected chi connectivity index (χ4v) is 3.40. The molecular formula is C19H21N5O2S. The summed E-state index contributed by atoms with van der Waals surface area (Å²) < 4.78 is 1.57. The molecule has 0 saturated carbocycles. The zero-order valence-electron chi connectivity index (χ0n) is 15.2. The van der Waals surface area contributed by atoms with Gasteiger partial charge < -0.3 is 10.6 Å². The van der Waals surface area contributed by atoms with Crippen LogP contribution in [0.15, 0.2) is 42.2 Å². The lowest BCUT2D eigenvalue weighted by Crippen LogP contribution is -2.25. The fourth-order valence-electron chi connectivity index (χ4n) is 2.62. The van der Waals surface area contributed by atoms with E-state index in [4.69, 9.17) is 0 Å². The van der Waals surface area contributed by atoms with E-state index in [-0.39, 0.29) is 18.4 Å². The molecule has 2 heterocycles. The van der Waals surface area contributed by atoms with E-state index in [1.165, 1.54) is 4.88 Å². The first-order chi connectivity index (χ1) is 13.1. The number of aryl methyl sites for hydroxylation is 1. The SMILES string of the molecule is CNC(=O)Cn1cc(-c2cccc(C(=O)NCCc3scnc3C)c2)cn1. The molecule has 3 aromatic rings. The van der Waals surface area contributed by atoms with Crippen molar-refractivity contribution < 1.29 is 9.59 Å². The van der Waals surface area contributed by atoms with Gasteiger partial charge in [-0.3, -0.25) is 14.3 Å². The Morgan fingerprint density at radius 1 is 1.26 bits per heavy atom. The Morgan fingerprint density at radius 3 is 2.85 bits per heavy atom. The Hall–Kier alpha value is -3.00. The summed E-state index contributed by atoms with van der Waals surface area (Å²) in [5.74, 6) is -0.231. The summed E-state index contributed by atoms with van der Waals surface area (Å²) in [5.41, 5.74) is 5.16. The van der Waals surface area contributed by atoms with Crippen molar-refractivity contribution >= 4 is 23.2 Å². The quantitative estimate of drug-likeness (QED) is 0.653. The topological polar surface area (TPSA) is 88.9 Å². The molecule has 0 aliphatic rings. The molecule has 0 atom stereocenters. The van der Waals surface area contributed by atoms with Gasteiger partial charge in [-0.15, -0.1) is 11.3 Å². The maximum Gasteiger partial charge on any atom is 0.251 e. The monoisotopic (exact) mass is 383 g/mol.